The maximum absolute atomic E-state index is 5.65. The van der Waals surface area contributed by atoms with Gasteiger partial charge in [0.05, 0.1) is 5.69 Å². The van der Waals surface area contributed by atoms with E-state index in [1.165, 1.54) is 0 Å². The number of pyridine rings is 1. The largest absolute Gasteiger partial charge is 0.237 e. The van der Waals surface area contributed by atoms with E-state index in [4.69, 9.17) is 23.2 Å². The average molecular weight is 225 g/mol. The fraction of sp³-hybridized carbons (Fsp3) is 0.125. The van der Waals surface area contributed by atoms with Gasteiger partial charge < -0.3 is 0 Å². The van der Waals surface area contributed by atoms with Gasteiger partial charge in [-0.25, -0.2) is 4.98 Å². The molecule has 1 aromatic rings. The molecule has 0 fully saturated rings. The predicted molar refractivity (Wildman–Crippen MR) is 56.2 cm³/mol. The van der Waals surface area contributed by atoms with Crippen LogP contribution in [-0.4, -0.2) is 10.9 Å². The quantitative estimate of drug-likeness (QED) is 0.554. The van der Waals surface area contributed by atoms with Crippen molar-refractivity contribution in [2.75, 3.05) is 5.88 Å². The fourth-order valence-corrected chi connectivity index (χ4v) is 0.941. The van der Waals surface area contributed by atoms with Crippen LogP contribution in [0.2, 0.25) is 5.15 Å². The molecule has 0 saturated carbocycles. The van der Waals surface area contributed by atoms with Crippen molar-refractivity contribution in [2.45, 2.75) is 0 Å². The van der Waals surface area contributed by atoms with Crippen molar-refractivity contribution in [3.05, 3.63) is 35.1 Å². The molecule has 12 heavy (non-hydrogen) atoms. The topological polar surface area (TPSA) is 12.9 Å². The van der Waals surface area contributed by atoms with E-state index >= 15 is 0 Å². The second-order valence-corrected chi connectivity index (χ2v) is 2.64. The lowest BCUT2D eigenvalue weighted by Crippen LogP contribution is -1.79. The summed E-state index contributed by atoms with van der Waals surface area (Å²) in [6, 6.07) is 5.46. The van der Waals surface area contributed by atoms with E-state index in [1.807, 2.05) is 24.3 Å². The lowest BCUT2D eigenvalue weighted by Gasteiger charge is -1.91. The summed E-state index contributed by atoms with van der Waals surface area (Å²) in [5.41, 5.74) is 0.832. The monoisotopic (exact) mass is 223 g/mol. The molecule has 0 atom stereocenters. The highest BCUT2D eigenvalue weighted by Gasteiger charge is 1.88. The highest BCUT2D eigenvalue weighted by atomic mass is 35.5. The summed E-state index contributed by atoms with van der Waals surface area (Å²) in [5.74, 6) is 0.494. The number of aromatic nitrogens is 1. The fourth-order valence-electron chi connectivity index (χ4n) is 0.682. The number of hydrogen-bond acceptors (Lipinski definition) is 1. The Balaban J connectivity index is 0.00000121. The molecule has 1 aromatic heterocycles. The molecule has 0 amide bonds. The van der Waals surface area contributed by atoms with Gasteiger partial charge in [0.25, 0.3) is 0 Å². The standard InChI is InChI=1S/C8H7Cl2N.ClH/c9-6-2-4-7-3-1-5-8(10)11-7;/h1-5H,6H2;1H. The zero-order valence-electron chi connectivity index (χ0n) is 6.21. The van der Waals surface area contributed by atoms with Crippen molar-refractivity contribution in [2.24, 2.45) is 0 Å². The molecule has 0 unspecified atom stereocenters. The molecule has 0 aliphatic rings. The normalized spacial score (nSPS) is 9.83. The number of allylic oxidation sites excluding steroid dienone is 1. The maximum atomic E-state index is 5.65. The van der Waals surface area contributed by atoms with Crippen LogP contribution in [-0.2, 0) is 0 Å². The number of rotatable bonds is 2. The molecular weight excluding hydrogens is 216 g/mol. The summed E-state index contributed by atoms with van der Waals surface area (Å²) in [6.45, 7) is 0. The molecular formula is C8H8Cl3N. The third-order valence-corrected chi connectivity index (χ3v) is 1.50. The number of alkyl halides is 1. The van der Waals surface area contributed by atoms with E-state index in [-0.39, 0.29) is 12.4 Å². The Morgan fingerprint density at radius 1 is 1.42 bits per heavy atom. The molecule has 1 nitrogen and oxygen atoms in total. The van der Waals surface area contributed by atoms with Gasteiger partial charge in [0.15, 0.2) is 0 Å². The molecule has 0 aromatic carbocycles. The van der Waals surface area contributed by atoms with Crippen LogP contribution in [0.3, 0.4) is 0 Å². The minimum atomic E-state index is 0. The summed E-state index contributed by atoms with van der Waals surface area (Å²) >= 11 is 11.1. The highest BCUT2D eigenvalue weighted by Crippen LogP contribution is 2.06. The van der Waals surface area contributed by atoms with E-state index in [0.29, 0.717) is 11.0 Å². The van der Waals surface area contributed by atoms with E-state index in [9.17, 15) is 0 Å². The lowest BCUT2D eigenvalue weighted by atomic mass is 10.3. The van der Waals surface area contributed by atoms with Gasteiger partial charge in [-0.05, 0) is 18.2 Å². The van der Waals surface area contributed by atoms with E-state index in [0.717, 1.165) is 5.69 Å². The van der Waals surface area contributed by atoms with Gasteiger partial charge in [0, 0.05) is 5.88 Å². The van der Waals surface area contributed by atoms with Crippen LogP contribution in [0, 0.1) is 0 Å². The Bertz CT molecular complexity index is 260. The van der Waals surface area contributed by atoms with Crippen molar-refractivity contribution in [3.8, 4) is 0 Å². The first-order chi connectivity index (χ1) is 5.33. The van der Waals surface area contributed by atoms with Gasteiger partial charge in [0.2, 0.25) is 0 Å². The van der Waals surface area contributed by atoms with Gasteiger partial charge in [-0.1, -0.05) is 23.7 Å². The molecule has 0 bridgehead atoms. The van der Waals surface area contributed by atoms with Gasteiger partial charge in [0.1, 0.15) is 5.15 Å². The van der Waals surface area contributed by atoms with Crippen LogP contribution in [0.5, 0.6) is 0 Å². The Hall–Kier alpha value is -0.240. The van der Waals surface area contributed by atoms with Gasteiger partial charge in [-0.15, -0.1) is 24.0 Å². The van der Waals surface area contributed by atoms with Gasteiger partial charge in [-0.3, -0.25) is 0 Å². The van der Waals surface area contributed by atoms with Crippen molar-refractivity contribution < 1.29 is 0 Å². The first kappa shape index (κ1) is 11.8. The van der Waals surface area contributed by atoms with Crippen LogP contribution in [0.4, 0.5) is 0 Å². The number of halogens is 3. The van der Waals surface area contributed by atoms with Crippen LogP contribution < -0.4 is 0 Å². The molecule has 4 heteroatoms. The SMILES string of the molecule is Cl.ClCC=Cc1cccc(Cl)n1. The van der Waals surface area contributed by atoms with Crippen LogP contribution >= 0.6 is 35.6 Å². The van der Waals surface area contributed by atoms with Crippen molar-refractivity contribution >= 4 is 41.7 Å². The second kappa shape index (κ2) is 6.30. The third-order valence-electron chi connectivity index (χ3n) is 1.11. The number of hydrogen-bond donors (Lipinski definition) is 0. The molecule has 0 saturated heterocycles. The van der Waals surface area contributed by atoms with Crippen LogP contribution in [0.15, 0.2) is 24.3 Å². The average Bonchev–Trinajstić information content (AvgIpc) is 2.01. The first-order valence-electron chi connectivity index (χ1n) is 3.18. The Morgan fingerprint density at radius 2 is 2.17 bits per heavy atom. The van der Waals surface area contributed by atoms with E-state index in [2.05, 4.69) is 4.98 Å². The molecule has 66 valence electrons. The molecule has 1 heterocycles. The van der Waals surface area contributed by atoms with E-state index < -0.39 is 0 Å². The van der Waals surface area contributed by atoms with Crippen molar-refractivity contribution in [1.82, 2.24) is 4.98 Å². The molecule has 0 spiro atoms. The van der Waals surface area contributed by atoms with Crippen LogP contribution in [0.25, 0.3) is 6.08 Å². The number of nitrogens with zero attached hydrogens (tertiary/aromatic N) is 1. The molecule has 0 aliphatic carbocycles. The Morgan fingerprint density at radius 3 is 2.75 bits per heavy atom. The van der Waals surface area contributed by atoms with E-state index in [1.54, 1.807) is 6.07 Å². The second-order valence-electron chi connectivity index (χ2n) is 1.94. The van der Waals surface area contributed by atoms with Crippen molar-refractivity contribution in [3.63, 3.8) is 0 Å². The van der Waals surface area contributed by atoms with Gasteiger partial charge in [-0.2, -0.15) is 0 Å². The smallest absolute Gasteiger partial charge is 0.129 e. The highest BCUT2D eigenvalue weighted by molar-refractivity contribution is 6.29. The maximum Gasteiger partial charge on any atom is 0.129 e. The first-order valence-corrected chi connectivity index (χ1v) is 4.09. The predicted octanol–water partition coefficient (Wildman–Crippen LogP) is 3.41. The zero-order valence-corrected chi connectivity index (χ0v) is 8.53. The zero-order chi connectivity index (χ0) is 8.10. The summed E-state index contributed by atoms with van der Waals surface area (Å²) in [5, 5.41) is 0.502. The Kier molecular flexibility index (Phi) is 6.17. The molecule has 0 N–H and O–H groups in total. The van der Waals surface area contributed by atoms with Crippen LogP contribution in [0.1, 0.15) is 5.69 Å². The molecule has 0 aliphatic heterocycles. The molecule has 0 radical (unpaired) electrons. The summed E-state index contributed by atoms with van der Waals surface area (Å²) in [4.78, 5) is 4.03. The molecule has 1 rings (SSSR count). The third kappa shape index (κ3) is 3.96. The minimum Gasteiger partial charge on any atom is -0.237 e. The lowest BCUT2D eigenvalue weighted by molar-refractivity contribution is 1.29. The van der Waals surface area contributed by atoms with Crippen molar-refractivity contribution in [1.29, 1.82) is 0 Å². The van der Waals surface area contributed by atoms with Gasteiger partial charge >= 0.3 is 0 Å². The summed E-state index contributed by atoms with van der Waals surface area (Å²) in [7, 11) is 0. The minimum absolute atomic E-state index is 0. The Labute approximate surface area is 87.8 Å². The summed E-state index contributed by atoms with van der Waals surface area (Å²) in [6.07, 6.45) is 3.65. The summed E-state index contributed by atoms with van der Waals surface area (Å²) < 4.78 is 0.